The Bertz CT molecular complexity index is 1110. The summed E-state index contributed by atoms with van der Waals surface area (Å²) in [6.07, 6.45) is 1.48. The Hall–Kier alpha value is -3.82. The molecule has 1 saturated heterocycles. The first-order valence-electron chi connectivity index (χ1n) is 13.4. The summed E-state index contributed by atoms with van der Waals surface area (Å²) in [6.45, 7) is 6.38. The minimum absolute atomic E-state index is 0.0353. The Morgan fingerprint density at radius 2 is 1.18 bits per heavy atom. The van der Waals surface area contributed by atoms with Gasteiger partial charge in [-0.1, -0.05) is 91.0 Å². The maximum Gasteiger partial charge on any atom is 0.328 e. The number of rotatable bonds is 12. The van der Waals surface area contributed by atoms with Gasteiger partial charge in [0.1, 0.15) is 6.10 Å². The highest BCUT2D eigenvalue weighted by Gasteiger charge is 2.20. The maximum absolute atomic E-state index is 10.5. The number of aliphatic carboxylic acids is 2. The number of piperazine rings is 1. The number of carboxylic acid groups (broad SMARTS) is 2. The molecule has 40 heavy (non-hydrogen) atoms. The highest BCUT2D eigenvalue weighted by Crippen LogP contribution is 2.25. The van der Waals surface area contributed by atoms with E-state index in [-0.39, 0.29) is 12.2 Å². The number of benzene rings is 3. The zero-order valence-electron chi connectivity index (χ0n) is 22.6. The smallest absolute Gasteiger partial charge is 0.328 e. The first-order chi connectivity index (χ1) is 19.4. The fourth-order valence-corrected chi connectivity index (χ4v) is 4.53. The van der Waals surface area contributed by atoms with Crippen LogP contribution in [0.2, 0.25) is 0 Å². The third kappa shape index (κ3) is 11.5. The van der Waals surface area contributed by atoms with E-state index in [1.54, 1.807) is 0 Å². The summed E-state index contributed by atoms with van der Waals surface area (Å²) in [5.41, 5.74) is 3.58. The van der Waals surface area contributed by atoms with E-state index >= 15 is 0 Å². The normalized spacial score (nSPS) is 14.9. The maximum atomic E-state index is 10.5. The van der Waals surface area contributed by atoms with E-state index in [0.717, 1.165) is 45.7 Å². The molecule has 1 atom stereocenters. The van der Waals surface area contributed by atoms with Gasteiger partial charge >= 0.3 is 11.9 Å². The molecule has 0 aromatic heterocycles. The van der Waals surface area contributed by atoms with Gasteiger partial charge in [0.15, 0.2) is 0 Å². The Morgan fingerprint density at radius 1 is 0.725 bits per heavy atom. The third-order valence-electron chi connectivity index (χ3n) is 6.51. The quantitative estimate of drug-likeness (QED) is 0.295. The lowest BCUT2D eigenvalue weighted by molar-refractivity contribution is -0.134. The summed E-state index contributed by atoms with van der Waals surface area (Å²) in [6, 6.07) is 31.2. The van der Waals surface area contributed by atoms with Crippen LogP contribution < -0.4 is 0 Å². The fourth-order valence-electron chi connectivity index (χ4n) is 4.53. The van der Waals surface area contributed by atoms with Crippen molar-refractivity contribution < 1.29 is 29.6 Å². The zero-order chi connectivity index (χ0) is 28.6. The van der Waals surface area contributed by atoms with Crippen LogP contribution in [0.3, 0.4) is 0 Å². The summed E-state index contributed by atoms with van der Waals surface area (Å²) in [5.74, 6) is -2.51. The van der Waals surface area contributed by atoms with Gasteiger partial charge < -0.3 is 20.1 Å². The van der Waals surface area contributed by atoms with Crippen LogP contribution in [0.5, 0.6) is 0 Å². The molecule has 3 aromatic rings. The van der Waals surface area contributed by atoms with Crippen molar-refractivity contribution in [3.63, 3.8) is 0 Å². The second-order valence-corrected chi connectivity index (χ2v) is 9.57. The molecule has 1 aliphatic heterocycles. The standard InChI is InChI=1S/C28H34N2O2.C4H4O4/c31-27(22-24-10-4-1-5-11-24)23-30-18-16-29(17-19-30)20-21-32-28(25-12-6-2-7-13-25)26-14-8-3-9-15-26;5-3(6)1-2-4(7)8/h1-15,27-28,31H,16-23H2;1-2H,(H,5,6)(H,7,8)/b;2-1+/t27-;/m1./s1. The number of β-amino-alcohol motifs (C(OH)–C–C–N with tert-alkyl or cyclic N) is 1. The SMILES string of the molecule is O=C(O)/C=C/C(=O)O.O[C@H](Cc1ccccc1)CN1CCN(CCOC(c2ccccc2)c2ccccc2)CC1. The van der Waals surface area contributed by atoms with E-state index in [9.17, 15) is 14.7 Å². The molecule has 0 aliphatic carbocycles. The highest BCUT2D eigenvalue weighted by atomic mass is 16.5. The molecule has 1 aliphatic rings. The van der Waals surface area contributed by atoms with E-state index in [4.69, 9.17) is 14.9 Å². The molecule has 8 heteroatoms. The topological polar surface area (TPSA) is 111 Å². The molecular formula is C32H38N2O6. The average molecular weight is 547 g/mol. The van der Waals surface area contributed by atoms with Crippen molar-refractivity contribution in [2.75, 3.05) is 45.9 Å². The number of hydrogen-bond acceptors (Lipinski definition) is 6. The predicted octanol–water partition coefficient (Wildman–Crippen LogP) is 3.73. The summed E-state index contributed by atoms with van der Waals surface area (Å²) in [5, 5.41) is 26.1. The lowest BCUT2D eigenvalue weighted by Gasteiger charge is -2.35. The number of nitrogens with zero attached hydrogens (tertiary/aromatic N) is 2. The Morgan fingerprint density at radius 3 is 1.65 bits per heavy atom. The van der Waals surface area contributed by atoms with Gasteiger partial charge in [-0.2, -0.15) is 0 Å². The van der Waals surface area contributed by atoms with Crippen molar-refractivity contribution in [1.82, 2.24) is 9.80 Å². The van der Waals surface area contributed by atoms with Crippen LogP contribution in [0.1, 0.15) is 22.8 Å². The summed E-state index contributed by atoms with van der Waals surface area (Å²) >= 11 is 0. The summed E-state index contributed by atoms with van der Waals surface area (Å²) < 4.78 is 6.38. The second-order valence-electron chi connectivity index (χ2n) is 9.57. The molecule has 8 nitrogen and oxygen atoms in total. The zero-order valence-corrected chi connectivity index (χ0v) is 22.6. The molecule has 0 unspecified atom stereocenters. The van der Waals surface area contributed by atoms with Gasteiger partial charge in [-0.15, -0.1) is 0 Å². The van der Waals surface area contributed by atoms with Gasteiger partial charge in [-0.25, -0.2) is 9.59 Å². The van der Waals surface area contributed by atoms with Gasteiger partial charge in [0, 0.05) is 51.4 Å². The lowest BCUT2D eigenvalue weighted by Crippen LogP contribution is -2.49. The molecule has 1 heterocycles. The molecule has 0 saturated carbocycles. The Labute approximate surface area is 235 Å². The van der Waals surface area contributed by atoms with Crippen molar-refractivity contribution in [2.24, 2.45) is 0 Å². The molecule has 212 valence electrons. The summed E-state index contributed by atoms with van der Waals surface area (Å²) in [7, 11) is 0. The van der Waals surface area contributed by atoms with Crippen LogP contribution in [-0.2, 0) is 20.7 Å². The molecule has 0 amide bonds. The molecule has 3 aromatic carbocycles. The van der Waals surface area contributed by atoms with Crippen molar-refractivity contribution in [3.8, 4) is 0 Å². The van der Waals surface area contributed by atoms with Crippen LogP contribution in [0, 0.1) is 0 Å². The fraction of sp³-hybridized carbons (Fsp3) is 0.312. The molecule has 0 spiro atoms. The van der Waals surface area contributed by atoms with Crippen LogP contribution in [0.15, 0.2) is 103 Å². The first kappa shape index (κ1) is 30.7. The molecule has 4 rings (SSSR count). The predicted molar refractivity (Wildman–Crippen MR) is 154 cm³/mol. The number of hydrogen-bond donors (Lipinski definition) is 3. The number of ether oxygens (including phenoxy) is 1. The van der Waals surface area contributed by atoms with Crippen molar-refractivity contribution >= 4 is 11.9 Å². The van der Waals surface area contributed by atoms with Gasteiger partial charge in [-0.05, 0) is 23.1 Å². The van der Waals surface area contributed by atoms with Crippen LogP contribution >= 0.6 is 0 Å². The average Bonchev–Trinajstić information content (AvgIpc) is 2.97. The minimum atomic E-state index is -1.26. The van der Waals surface area contributed by atoms with Crippen molar-refractivity contribution in [2.45, 2.75) is 18.6 Å². The Balaban J connectivity index is 0.000000482. The van der Waals surface area contributed by atoms with Crippen LogP contribution in [-0.4, -0.2) is 89.0 Å². The van der Waals surface area contributed by atoms with Gasteiger partial charge in [0.25, 0.3) is 0 Å². The lowest BCUT2D eigenvalue weighted by atomic mass is 10.0. The van der Waals surface area contributed by atoms with E-state index < -0.39 is 11.9 Å². The minimum Gasteiger partial charge on any atom is -0.478 e. The third-order valence-corrected chi connectivity index (χ3v) is 6.51. The summed E-state index contributed by atoms with van der Waals surface area (Å²) in [4.78, 5) is 23.9. The van der Waals surface area contributed by atoms with E-state index in [1.165, 1.54) is 16.7 Å². The van der Waals surface area contributed by atoms with Gasteiger partial charge in [-0.3, -0.25) is 9.80 Å². The number of aliphatic hydroxyl groups excluding tert-OH is 1. The Kier molecular flexibility index (Phi) is 13.0. The van der Waals surface area contributed by atoms with Crippen LogP contribution in [0.25, 0.3) is 0 Å². The highest BCUT2D eigenvalue weighted by molar-refractivity contribution is 5.89. The number of carbonyl (C=O) groups is 2. The van der Waals surface area contributed by atoms with Crippen molar-refractivity contribution in [1.29, 1.82) is 0 Å². The molecule has 1 fully saturated rings. The van der Waals surface area contributed by atoms with E-state index in [1.807, 2.05) is 30.3 Å². The van der Waals surface area contributed by atoms with Gasteiger partial charge in [0.05, 0.1) is 12.7 Å². The van der Waals surface area contributed by atoms with Crippen LogP contribution in [0.4, 0.5) is 0 Å². The van der Waals surface area contributed by atoms with Crippen molar-refractivity contribution in [3.05, 3.63) is 120 Å². The molecule has 3 N–H and O–H groups in total. The van der Waals surface area contributed by atoms with E-state index in [2.05, 4.69) is 70.5 Å². The largest absolute Gasteiger partial charge is 0.478 e. The first-order valence-corrected chi connectivity index (χ1v) is 13.4. The van der Waals surface area contributed by atoms with E-state index in [0.29, 0.717) is 18.8 Å². The molecule has 0 radical (unpaired) electrons. The number of carboxylic acids is 2. The van der Waals surface area contributed by atoms with Gasteiger partial charge in [0.2, 0.25) is 0 Å². The molecular weight excluding hydrogens is 508 g/mol. The molecule has 0 bridgehead atoms. The monoisotopic (exact) mass is 546 g/mol. The second kappa shape index (κ2) is 17.0. The number of aliphatic hydroxyl groups is 1.